The number of hydrogen-bond donors (Lipinski definition) is 1. The molecule has 6 nitrogen and oxygen atoms in total. The van der Waals surface area contributed by atoms with Crippen LogP contribution in [-0.2, 0) is 19.8 Å². The molecule has 1 aromatic rings. The highest BCUT2D eigenvalue weighted by Crippen LogP contribution is 2.43. The Balaban J connectivity index is 2.62. The molecule has 0 unspecified atom stereocenters. The van der Waals surface area contributed by atoms with Gasteiger partial charge < -0.3 is 9.84 Å². The fourth-order valence-corrected chi connectivity index (χ4v) is 2.63. The van der Waals surface area contributed by atoms with Gasteiger partial charge in [-0.3, -0.25) is 19.3 Å². The first kappa shape index (κ1) is 14.0. The van der Waals surface area contributed by atoms with Crippen molar-refractivity contribution in [1.82, 2.24) is 4.90 Å². The van der Waals surface area contributed by atoms with Crippen molar-refractivity contribution in [2.24, 2.45) is 0 Å². The monoisotopic (exact) mass is 277 g/mol. The zero-order chi connectivity index (χ0) is 14.9. The minimum absolute atomic E-state index is 0.158. The van der Waals surface area contributed by atoms with Crippen LogP contribution >= 0.6 is 0 Å². The van der Waals surface area contributed by atoms with Gasteiger partial charge in [-0.15, -0.1) is 0 Å². The summed E-state index contributed by atoms with van der Waals surface area (Å²) in [6.07, 6.45) is -0.600. The molecule has 0 radical (unpaired) electrons. The molecule has 0 aromatic heterocycles. The van der Waals surface area contributed by atoms with Crippen LogP contribution in [-0.4, -0.2) is 41.9 Å². The molecule has 0 aliphatic carbocycles. The fourth-order valence-electron chi connectivity index (χ4n) is 2.63. The van der Waals surface area contributed by atoms with E-state index in [4.69, 9.17) is 9.84 Å². The number of rotatable bonds is 4. The average Bonchev–Trinajstić information content (AvgIpc) is 2.63. The summed E-state index contributed by atoms with van der Waals surface area (Å²) < 4.78 is 5.21. The third-order valence-corrected chi connectivity index (χ3v) is 3.62. The molecule has 1 N–H and O–H groups in total. The molecular weight excluding hydrogens is 262 g/mol. The third kappa shape index (κ3) is 2.03. The zero-order valence-corrected chi connectivity index (χ0v) is 11.3. The van der Waals surface area contributed by atoms with Gasteiger partial charge in [0.25, 0.3) is 0 Å². The van der Waals surface area contributed by atoms with E-state index < -0.39 is 23.7 Å². The number of nitrogens with zero attached hydrogens (tertiary/aromatic N) is 1. The fraction of sp³-hybridized carbons (Fsp3) is 0.357. The van der Waals surface area contributed by atoms with Gasteiger partial charge in [0.1, 0.15) is 5.75 Å². The van der Waals surface area contributed by atoms with Crippen LogP contribution in [0.15, 0.2) is 24.3 Å². The molecule has 106 valence electrons. The lowest BCUT2D eigenvalue weighted by atomic mass is 9.75. The predicted octanol–water partition coefficient (Wildman–Crippen LogP) is 0.796. The number of carboxylic acid groups (broad SMARTS) is 1. The number of carboxylic acids is 1. The molecule has 0 bridgehead atoms. The SMILES string of the molecule is COc1ccccc1[C@]1(CC(=O)O)CC(=O)N(C)C1=O. The lowest BCUT2D eigenvalue weighted by molar-refractivity contribution is -0.144. The molecule has 1 saturated heterocycles. The Hall–Kier alpha value is -2.37. The number of aliphatic carboxylic acids is 1. The second-order valence-corrected chi connectivity index (χ2v) is 4.79. The quantitative estimate of drug-likeness (QED) is 0.823. The molecule has 2 rings (SSSR count). The number of benzene rings is 1. The molecule has 6 heteroatoms. The summed E-state index contributed by atoms with van der Waals surface area (Å²) in [5, 5.41) is 9.13. The van der Waals surface area contributed by atoms with Crippen molar-refractivity contribution < 1.29 is 24.2 Å². The van der Waals surface area contributed by atoms with E-state index in [0.29, 0.717) is 11.3 Å². The van der Waals surface area contributed by atoms with Gasteiger partial charge in [0, 0.05) is 19.0 Å². The summed E-state index contributed by atoms with van der Waals surface area (Å²) in [6, 6.07) is 6.69. The van der Waals surface area contributed by atoms with Crippen LogP contribution < -0.4 is 4.74 Å². The molecule has 0 spiro atoms. The highest BCUT2D eigenvalue weighted by molar-refractivity contribution is 6.10. The van der Waals surface area contributed by atoms with Gasteiger partial charge in [0.2, 0.25) is 11.8 Å². The number of para-hydroxylation sites is 1. The number of likely N-dealkylation sites (N-methyl/N-ethyl adjacent to an activating group) is 1. The maximum atomic E-state index is 12.4. The summed E-state index contributed by atoms with van der Waals surface area (Å²) in [5.74, 6) is -1.62. The lowest BCUT2D eigenvalue weighted by Gasteiger charge is -2.26. The van der Waals surface area contributed by atoms with Crippen LogP contribution in [0.5, 0.6) is 5.75 Å². The number of methoxy groups -OCH3 is 1. The van der Waals surface area contributed by atoms with Crippen LogP contribution in [0.2, 0.25) is 0 Å². The van der Waals surface area contributed by atoms with E-state index >= 15 is 0 Å². The Morgan fingerprint density at radius 2 is 2.05 bits per heavy atom. The average molecular weight is 277 g/mol. The molecule has 1 aliphatic heterocycles. The van der Waals surface area contributed by atoms with Crippen molar-refractivity contribution in [3.63, 3.8) is 0 Å². The van der Waals surface area contributed by atoms with Crippen LogP contribution in [0.4, 0.5) is 0 Å². The van der Waals surface area contributed by atoms with E-state index in [1.165, 1.54) is 14.2 Å². The Kier molecular flexibility index (Phi) is 3.48. The number of likely N-dealkylation sites (tertiary alicyclic amines) is 1. The summed E-state index contributed by atoms with van der Waals surface area (Å²) in [5.41, 5.74) is -0.947. The highest BCUT2D eigenvalue weighted by atomic mass is 16.5. The smallest absolute Gasteiger partial charge is 0.304 e. The summed E-state index contributed by atoms with van der Waals surface area (Å²) in [6.45, 7) is 0. The molecule has 1 heterocycles. The van der Waals surface area contributed by atoms with E-state index in [2.05, 4.69) is 0 Å². The van der Waals surface area contributed by atoms with Crippen molar-refractivity contribution in [1.29, 1.82) is 0 Å². The zero-order valence-electron chi connectivity index (χ0n) is 11.3. The van der Waals surface area contributed by atoms with E-state index in [9.17, 15) is 14.4 Å². The molecule has 0 saturated carbocycles. The Morgan fingerprint density at radius 3 is 2.55 bits per heavy atom. The van der Waals surface area contributed by atoms with Crippen molar-refractivity contribution in [2.75, 3.05) is 14.2 Å². The molecule has 1 atom stereocenters. The van der Waals surface area contributed by atoms with Gasteiger partial charge in [0.15, 0.2) is 0 Å². The Labute approximate surface area is 115 Å². The molecule has 1 aromatic carbocycles. The first-order valence-electron chi connectivity index (χ1n) is 6.08. The molecule has 1 fully saturated rings. The maximum absolute atomic E-state index is 12.4. The van der Waals surface area contributed by atoms with Crippen molar-refractivity contribution in [2.45, 2.75) is 18.3 Å². The summed E-state index contributed by atoms with van der Waals surface area (Å²) in [7, 11) is 2.81. The van der Waals surface area contributed by atoms with Gasteiger partial charge in [-0.1, -0.05) is 18.2 Å². The number of hydrogen-bond acceptors (Lipinski definition) is 4. The van der Waals surface area contributed by atoms with E-state index in [-0.39, 0.29) is 12.3 Å². The molecular formula is C14H15NO5. The standard InChI is InChI=1S/C14H15NO5/c1-15-11(16)7-14(13(15)19,8-12(17)18)9-5-3-4-6-10(9)20-2/h3-6H,7-8H2,1-2H3,(H,17,18)/t14-/m1/s1. The van der Waals surface area contributed by atoms with Crippen molar-refractivity contribution >= 4 is 17.8 Å². The van der Waals surface area contributed by atoms with Crippen LogP contribution in [0.1, 0.15) is 18.4 Å². The predicted molar refractivity (Wildman–Crippen MR) is 69.3 cm³/mol. The number of carbonyl (C=O) groups is 3. The number of amides is 2. The van der Waals surface area contributed by atoms with Crippen LogP contribution in [0.25, 0.3) is 0 Å². The molecule has 1 aliphatic rings. The lowest BCUT2D eigenvalue weighted by Crippen LogP contribution is -2.38. The number of carbonyl (C=O) groups excluding carboxylic acids is 2. The van der Waals surface area contributed by atoms with E-state index in [1.54, 1.807) is 24.3 Å². The summed E-state index contributed by atoms with van der Waals surface area (Å²) in [4.78, 5) is 36.4. The maximum Gasteiger partial charge on any atom is 0.304 e. The minimum Gasteiger partial charge on any atom is -0.496 e. The van der Waals surface area contributed by atoms with Gasteiger partial charge >= 0.3 is 5.97 Å². The highest BCUT2D eigenvalue weighted by Gasteiger charge is 2.53. The van der Waals surface area contributed by atoms with Gasteiger partial charge in [0.05, 0.1) is 18.9 Å². The first-order valence-corrected chi connectivity index (χ1v) is 6.08. The third-order valence-electron chi connectivity index (χ3n) is 3.62. The van der Waals surface area contributed by atoms with Crippen LogP contribution in [0.3, 0.4) is 0 Å². The van der Waals surface area contributed by atoms with Crippen LogP contribution in [0, 0.1) is 0 Å². The Morgan fingerprint density at radius 1 is 1.40 bits per heavy atom. The normalized spacial score (nSPS) is 22.2. The second-order valence-electron chi connectivity index (χ2n) is 4.79. The molecule has 20 heavy (non-hydrogen) atoms. The van der Waals surface area contributed by atoms with Gasteiger partial charge in [-0.2, -0.15) is 0 Å². The summed E-state index contributed by atoms with van der Waals surface area (Å²) >= 11 is 0. The van der Waals surface area contributed by atoms with Gasteiger partial charge in [-0.05, 0) is 6.07 Å². The number of ether oxygens (including phenoxy) is 1. The minimum atomic E-state index is -1.38. The largest absolute Gasteiger partial charge is 0.496 e. The first-order chi connectivity index (χ1) is 9.42. The van der Waals surface area contributed by atoms with Gasteiger partial charge in [-0.25, -0.2) is 0 Å². The topological polar surface area (TPSA) is 83.9 Å². The molecule has 2 amide bonds. The van der Waals surface area contributed by atoms with E-state index in [0.717, 1.165) is 4.90 Å². The van der Waals surface area contributed by atoms with Crippen molar-refractivity contribution in [3.8, 4) is 5.75 Å². The number of imide groups is 1. The van der Waals surface area contributed by atoms with E-state index in [1.807, 2.05) is 0 Å². The second kappa shape index (κ2) is 4.96. The van der Waals surface area contributed by atoms with Crippen molar-refractivity contribution in [3.05, 3.63) is 29.8 Å². The Bertz CT molecular complexity index is 579.